The molecule has 112 valence electrons. The highest BCUT2D eigenvalue weighted by atomic mass is 16.5. The van der Waals surface area contributed by atoms with E-state index in [2.05, 4.69) is 32.3 Å². The molecule has 0 saturated carbocycles. The molecule has 0 amide bonds. The van der Waals surface area contributed by atoms with Crippen LogP contribution < -0.4 is 5.32 Å². The van der Waals surface area contributed by atoms with Gasteiger partial charge in [0.25, 0.3) is 0 Å². The lowest BCUT2D eigenvalue weighted by molar-refractivity contribution is 0.0342. The van der Waals surface area contributed by atoms with Crippen molar-refractivity contribution in [2.75, 3.05) is 31.6 Å². The third-order valence-corrected chi connectivity index (χ3v) is 3.53. The lowest BCUT2D eigenvalue weighted by Crippen LogP contribution is -2.35. The van der Waals surface area contributed by atoms with Crippen molar-refractivity contribution in [3.63, 3.8) is 0 Å². The Morgan fingerprint density at radius 3 is 2.59 bits per heavy atom. The lowest BCUT2D eigenvalue weighted by Gasteiger charge is -2.26. The summed E-state index contributed by atoms with van der Waals surface area (Å²) in [5.41, 5.74) is 2.44. The minimum atomic E-state index is 0.292. The number of aromatic nitrogens is 2. The van der Waals surface area contributed by atoms with Crippen LogP contribution in [0.1, 0.15) is 11.3 Å². The smallest absolute Gasteiger partial charge is 0.183 e. The van der Waals surface area contributed by atoms with Crippen LogP contribution in [0.25, 0.3) is 0 Å². The Hall–Kier alpha value is -2.49. The lowest BCUT2D eigenvalue weighted by atomic mass is 10.2. The zero-order valence-corrected chi connectivity index (χ0v) is 12.2. The van der Waals surface area contributed by atoms with Gasteiger partial charge < -0.3 is 10.1 Å². The predicted octanol–water partition coefficient (Wildman–Crippen LogP) is 1.92. The summed E-state index contributed by atoms with van der Waals surface area (Å²) < 4.78 is 5.35. The van der Waals surface area contributed by atoms with Crippen molar-refractivity contribution in [1.29, 1.82) is 5.26 Å². The molecule has 0 unspecified atom stereocenters. The summed E-state index contributed by atoms with van der Waals surface area (Å²) in [6.45, 7) is 4.50. The third kappa shape index (κ3) is 3.58. The number of benzene rings is 1. The Morgan fingerprint density at radius 1 is 1.14 bits per heavy atom. The second kappa shape index (κ2) is 6.98. The second-order valence-electron chi connectivity index (χ2n) is 5.08. The van der Waals surface area contributed by atoms with Crippen LogP contribution in [-0.4, -0.2) is 41.2 Å². The van der Waals surface area contributed by atoms with Crippen LogP contribution in [-0.2, 0) is 11.3 Å². The van der Waals surface area contributed by atoms with E-state index < -0.39 is 0 Å². The summed E-state index contributed by atoms with van der Waals surface area (Å²) in [5, 5.41) is 12.1. The van der Waals surface area contributed by atoms with Crippen molar-refractivity contribution in [2.24, 2.45) is 0 Å². The number of rotatable bonds is 4. The van der Waals surface area contributed by atoms with Gasteiger partial charge in [-0.2, -0.15) is 5.26 Å². The van der Waals surface area contributed by atoms with Crippen molar-refractivity contribution in [1.82, 2.24) is 14.9 Å². The van der Waals surface area contributed by atoms with Gasteiger partial charge in [-0.1, -0.05) is 12.1 Å². The summed E-state index contributed by atoms with van der Waals surface area (Å²) >= 11 is 0. The number of hydrogen-bond acceptors (Lipinski definition) is 6. The van der Waals surface area contributed by atoms with Gasteiger partial charge in [0.15, 0.2) is 11.5 Å². The van der Waals surface area contributed by atoms with Gasteiger partial charge in [0.2, 0.25) is 0 Å². The van der Waals surface area contributed by atoms with Crippen molar-refractivity contribution in [3.05, 3.63) is 47.9 Å². The highest BCUT2D eigenvalue weighted by Gasteiger charge is 2.10. The van der Waals surface area contributed by atoms with Gasteiger partial charge in [-0.25, -0.2) is 9.97 Å². The van der Waals surface area contributed by atoms with Gasteiger partial charge in [0.1, 0.15) is 6.07 Å². The Morgan fingerprint density at radius 2 is 1.86 bits per heavy atom. The van der Waals surface area contributed by atoms with Crippen molar-refractivity contribution >= 4 is 11.5 Å². The molecule has 0 spiro atoms. The number of nitrogens with one attached hydrogen (secondary N) is 1. The number of hydrogen-bond donors (Lipinski definition) is 1. The van der Waals surface area contributed by atoms with E-state index in [0.717, 1.165) is 38.5 Å². The van der Waals surface area contributed by atoms with Crippen LogP contribution in [0.4, 0.5) is 11.5 Å². The topological polar surface area (TPSA) is 74.1 Å². The fourth-order valence-corrected chi connectivity index (χ4v) is 2.36. The van der Waals surface area contributed by atoms with E-state index in [1.807, 2.05) is 18.2 Å². The Labute approximate surface area is 129 Å². The molecule has 1 saturated heterocycles. The number of ether oxygens (including phenoxy) is 1. The van der Waals surface area contributed by atoms with Gasteiger partial charge in [0.05, 0.1) is 13.2 Å². The third-order valence-electron chi connectivity index (χ3n) is 3.53. The molecule has 1 aromatic carbocycles. The summed E-state index contributed by atoms with van der Waals surface area (Å²) in [4.78, 5) is 10.5. The van der Waals surface area contributed by atoms with Crippen molar-refractivity contribution in [3.8, 4) is 6.07 Å². The first-order valence-corrected chi connectivity index (χ1v) is 7.22. The molecular formula is C16H17N5O. The Bertz CT molecular complexity index is 659. The fraction of sp³-hybridized carbons (Fsp3) is 0.312. The minimum absolute atomic E-state index is 0.292. The van der Waals surface area contributed by atoms with Gasteiger partial charge in [-0.05, 0) is 17.7 Å². The van der Waals surface area contributed by atoms with E-state index in [1.165, 1.54) is 11.8 Å². The van der Waals surface area contributed by atoms with E-state index in [1.54, 1.807) is 6.20 Å². The van der Waals surface area contributed by atoms with Crippen LogP contribution in [0, 0.1) is 11.3 Å². The Kier molecular flexibility index (Phi) is 4.59. The molecule has 6 heteroatoms. The van der Waals surface area contributed by atoms with Crippen LogP contribution in [0.3, 0.4) is 0 Å². The number of nitrogens with zero attached hydrogens (tertiary/aromatic N) is 4. The van der Waals surface area contributed by atoms with Gasteiger partial charge in [-0.15, -0.1) is 0 Å². The molecule has 3 rings (SSSR count). The predicted molar refractivity (Wildman–Crippen MR) is 82.6 cm³/mol. The highest BCUT2D eigenvalue weighted by molar-refractivity contribution is 5.60. The standard InChI is InChI=1S/C16H17N5O/c17-11-15-16(19-6-5-18-15)20-14-3-1-13(2-4-14)12-21-7-9-22-10-8-21/h1-6H,7-10,12H2,(H,19,20). The van der Waals surface area contributed by atoms with Gasteiger partial charge >= 0.3 is 0 Å². The average molecular weight is 295 g/mol. The largest absolute Gasteiger partial charge is 0.379 e. The summed E-state index contributed by atoms with van der Waals surface area (Å²) in [5.74, 6) is 0.478. The molecule has 0 radical (unpaired) electrons. The maximum absolute atomic E-state index is 9.01. The van der Waals surface area contributed by atoms with Crippen LogP contribution >= 0.6 is 0 Å². The van der Waals surface area contributed by atoms with Crippen LogP contribution in [0.15, 0.2) is 36.7 Å². The van der Waals surface area contributed by atoms with Crippen molar-refractivity contribution < 1.29 is 4.74 Å². The SMILES string of the molecule is N#Cc1nccnc1Nc1ccc(CN2CCOCC2)cc1. The second-order valence-corrected chi connectivity index (χ2v) is 5.08. The molecule has 1 aliphatic heterocycles. The molecule has 0 bridgehead atoms. The maximum atomic E-state index is 9.01. The first kappa shape index (κ1) is 14.4. The molecule has 0 atom stereocenters. The zero-order chi connectivity index (χ0) is 15.2. The van der Waals surface area contributed by atoms with Crippen LogP contribution in [0.2, 0.25) is 0 Å². The number of morpholine rings is 1. The average Bonchev–Trinajstić information content (AvgIpc) is 2.58. The fourth-order valence-electron chi connectivity index (χ4n) is 2.36. The van der Waals surface area contributed by atoms with Gasteiger partial charge in [0, 0.05) is 37.7 Å². The maximum Gasteiger partial charge on any atom is 0.183 e. The summed E-state index contributed by atoms with van der Waals surface area (Å²) in [7, 11) is 0. The minimum Gasteiger partial charge on any atom is -0.379 e. The number of anilines is 2. The molecule has 2 heterocycles. The molecule has 22 heavy (non-hydrogen) atoms. The molecular weight excluding hydrogens is 278 g/mol. The summed E-state index contributed by atoms with van der Waals surface area (Å²) in [6, 6.07) is 10.2. The van der Waals surface area contributed by atoms with Crippen LogP contribution in [0.5, 0.6) is 0 Å². The molecule has 2 aromatic rings. The quantitative estimate of drug-likeness (QED) is 0.929. The highest BCUT2D eigenvalue weighted by Crippen LogP contribution is 2.18. The zero-order valence-electron chi connectivity index (χ0n) is 12.2. The molecule has 1 N–H and O–H groups in total. The number of nitriles is 1. The Balaban J connectivity index is 1.65. The molecule has 6 nitrogen and oxygen atoms in total. The first-order valence-electron chi connectivity index (χ1n) is 7.22. The van der Waals surface area contributed by atoms with E-state index in [0.29, 0.717) is 11.5 Å². The van der Waals surface area contributed by atoms with E-state index >= 15 is 0 Å². The van der Waals surface area contributed by atoms with E-state index in [-0.39, 0.29) is 0 Å². The first-order chi connectivity index (χ1) is 10.8. The summed E-state index contributed by atoms with van der Waals surface area (Å²) in [6.07, 6.45) is 3.07. The molecule has 1 aliphatic rings. The van der Waals surface area contributed by atoms with Gasteiger partial charge in [-0.3, -0.25) is 4.90 Å². The van der Waals surface area contributed by atoms with E-state index in [4.69, 9.17) is 10.00 Å². The molecule has 0 aliphatic carbocycles. The normalized spacial score (nSPS) is 15.2. The molecule has 1 aromatic heterocycles. The molecule has 1 fully saturated rings. The monoisotopic (exact) mass is 295 g/mol. The van der Waals surface area contributed by atoms with Crippen molar-refractivity contribution in [2.45, 2.75) is 6.54 Å². The van der Waals surface area contributed by atoms with E-state index in [9.17, 15) is 0 Å².